The predicted octanol–water partition coefficient (Wildman–Crippen LogP) is 5.85. The summed E-state index contributed by atoms with van der Waals surface area (Å²) in [5.41, 5.74) is 5.42. The van der Waals surface area contributed by atoms with Crippen molar-refractivity contribution in [3.8, 4) is 17.2 Å². The molecule has 3 rings (SSSR count). The smallest absolute Gasteiger partial charge is 0.343 e. The van der Waals surface area contributed by atoms with Crippen molar-refractivity contribution in [2.24, 2.45) is 11.8 Å². The first-order valence-corrected chi connectivity index (χ1v) is 16.2. The average molecular weight is 494 g/mol. The van der Waals surface area contributed by atoms with Gasteiger partial charge in [0, 0.05) is 23.7 Å². The Hall–Kier alpha value is -2.85. The van der Waals surface area contributed by atoms with Gasteiger partial charge in [-0.3, -0.25) is 9.69 Å². The Morgan fingerprint density at radius 2 is 1.77 bits per heavy atom. The maximum Gasteiger partial charge on any atom is 0.343 e. The van der Waals surface area contributed by atoms with Crippen molar-refractivity contribution in [1.29, 1.82) is 0 Å². The molecule has 1 aromatic heterocycles. The molecule has 0 bridgehead atoms. The first-order chi connectivity index (χ1) is 16.5. The van der Waals surface area contributed by atoms with Gasteiger partial charge in [-0.15, -0.1) is 10.6 Å². The molecule has 0 aliphatic heterocycles. The van der Waals surface area contributed by atoms with Gasteiger partial charge in [0.15, 0.2) is 5.82 Å². The molecule has 0 unspecified atom stereocenters. The normalized spacial score (nSPS) is 18.1. The average Bonchev–Trinajstić information content (AvgIpc) is 3.23. The molecule has 35 heavy (non-hydrogen) atoms. The van der Waals surface area contributed by atoms with E-state index in [4.69, 9.17) is 9.84 Å². The van der Waals surface area contributed by atoms with E-state index in [1.165, 1.54) is 0 Å². The summed E-state index contributed by atoms with van der Waals surface area (Å²) in [6, 6.07) is 7.65. The first-order valence-electron chi connectivity index (χ1n) is 12.7. The number of esters is 1. The van der Waals surface area contributed by atoms with Crippen molar-refractivity contribution in [3.05, 3.63) is 41.6 Å². The standard InChI is InChI=1S/C28H39N3O3Si/c1-8-34-28(33)25-19-30(24-15-11-22(12-16-24)17-18-35(5,6)7)29-26(25)31(20(2)3)27(32)23-13-9-21(4)10-14-23/h11-12,15-16,19-21,23H,8-10,13-14H2,1-7H3/t21-,23-. The number of anilines is 1. The van der Waals surface area contributed by atoms with Gasteiger partial charge < -0.3 is 4.74 Å². The third-order valence-electron chi connectivity index (χ3n) is 6.25. The Balaban J connectivity index is 1.98. The third kappa shape index (κ3) is 6.85. The maximum atomic E-state index is 13.6. The van der Waals surface area contributed by atoms with Gasteiger partial charge in [0.1, 0.15) is 13.6 Å². The van der Waals surface area contributed by atoms with Crippen LogP contribution in [0.5, 0.6) is 0 Å². The van der Waals surface area contributed by atoms with Crippen LogP contribution in [0.1, 0.15) is 69.3 Å². The highest BCUT2D eigenvalue weighted by molar-refractivity contribution is 6.83. The number of nitrogens with zero attached hydrogens (tertiary/aromatic N) is 3. The van der Waals surface area contributed by atoms with Crippen LogP contribution in [0.4, 0.5) is 5.82 Å². The van der Waals surface area contributed by atoms with Crippen LogP contribution in [0.2, 0.25) is 19.6 Å². The Morgan fingerprint density at radius 1 is 1.14 bits per heavy atom. The van der Waals surface area contributed by atoms with Gasteiger partial charge in [-0.25, -0.2) is 9.48 Å². The molecule has 188 valence electrons. The molecule has 1 amide bonds. The van der Waals surface area contributed by atoms with E-state index >= 15 is 0 Å². The second-order valence-electron chi connectivity index (χ2n) is 10.8. The monoisotopic (exact) mass is 493 g/mol. The van der Waals surface area contributed by atoms with E-state index in [1.54, 1.807) is 22.7 Å². The van der Waals surface area contributed by atoms with Gasteiger partial charge in [-0.05, 0) is 76.6 Å². The third-order valence-corrected chi connectivity index (χ3v) is 7.13. The Bertz CT molecular complexity index is 1100. The van der Waals surface area contributed by atoms with E-state index in [2.05, 4.69) is 38.0 Å². The zero-order valence-corrected chi connectivity index (χ0v) is 23.2. The maximum absolute atomic E-state index is 13.6. The van der Waals surface area contributed by atoms with Crippen LogP contribution in [0.15, 0.2) is 30.5 Å². The summed E-state index contributed by atoms with van der Waals surface area (Å²) in [6.45, 7) is 14.8. The van der Waals surface area contributed by atoms with Gasteiger partial charge in [0.05, 0.1) is 12.3 Å². The molecule has 0 radical (unpaired) electrons. The van der Waals surface area contributed by atoms with Gasteiger partial charge >= 0.3 is 5.97 Å². The van der Waals surface area contributed by atoms with E-state index in [0.717, 1.165) is 36.9 Å². The van der Waals surface area contributed by atoms with Crippen molar-refractivity contribution in [2.75, 3.05) is 11.5 Å². The fourth-order valence-corrected chi connectivity index (χ4v) is 4.81. The van der Waals surface area contributed by atoms with E-state index < -0.39 is 14.0 Å². The van der Waals surface area contributed by atoms with E-state index in [0.29, 0.717) is 17.3 Å². The zero-order valence-electron chi connectivity index (χ0n) is 22.2. The minimum atomic E-state index is -1.46. The molecule has 0 atom stereocenters. The van der Waals surface area contributed by atoms with Crippen molar-refractivity contribution in [3.63, 3.8) is 0 Å². The summed E-state index contributed by atoms with van der Waals surface area (Å²) in [7, 11) is -1.46. The van der Waals surface area contributed by atoms with E-state index in [-0.39, 0.29) is 24.5 Å². The molecule has 6 nitrogen and oxygen atoms in total. The van der Waals surface area contributed by atoms with Gasteiger partial charge in [-0.1, -0.05) is 32.5 Å². The van der Waals surface area contributed by atoms with Crippen molar-refractivity contribution in [2.45, 2.75) is 79.1 Å². The number of hydrogen-bond donors (Lipinski definition) is 0. The lowest BCUT2D eigenvalue weighted by Gasteiger charge is -2.32. The first kappa shape index (κ1) is 26.7. The van der Waals surface area contributed by atoms with Crippen LogP contribution < -0.4 is 4.90 Å². The van der Waals surface area contributed by atoms with Crippen LogP contribution in [0, 0.1) is 23.3 Å². The van der Waals surface area contributed by atoms with Gasteiger partial charge in [0.25, 0.3) is 0 Å². The molecule has 0 saturated heterocycles. The van der Waals surface area contributed by atoms with Gasteiger partial charge in [0.2, 0.25) is 5.91 Å². The summed E-state index contributed by atoms with van der Waals surface area (Å²) >= 11 is 0. The highest BCUT2D eigenvalue weighted by atomic mass is 28.3. The minimum Gasteiger partial charge on any atom is -0.462 e. The molecular formula is C28H39N3O3Si. The second kappa shape index (κ2) is 11.3. The highest BCUT2D eigenvalue weighted by Gasteiger charge is 2.34. The molecule has 1 aliphatic carbocycles. The predicted molar refractivity (Wildman–Crippen MR) is 143 cm³/mol. The molecule has 0 N–H and O–H groups in total. The molecule has 1 saturated carbocycles. The minimum absolute atomic E-state index is 0.0414. The van der Waals surface area contributed by atoms with Gasteiger partial charge in [-0.2, -0.15) is 0 Å². The van der Waals surface area contributed by atoms with Crippen LogP contribution >= 0.6 is 0 Å². The molecule has 1 aliphatic rings. The number of hydrogen-bond acceptors (Lipinski definition) is 4. The molecule has 7 heteroatoms. The number of rotatable bonds is 6. The topological polar surface area (TPSA) is 64.4 Å². The Morgan fingerprint density at radius 3 is 2.31 bits per heavy atom. The molecule has 2 aromatic rings. The van der Waals surface area contributed by atoms with Crippen LogP contribution in [-0.4, -0.2) is 42.4 Å². The lowest BCUT2D eigenvalue weighted by atomic mass is 9.82. The van der Waals surface area contributed by atoms with E-state index in [1.807, 2.05) is 38.1 Å². The molecule has 1 aromatic carbocycles. The SMILES string of the molecule is CCOC(=O)c1cn(-c2ccc(C#C[Si](C)(C)C)cc2)nc1N(C(=O)[C@H]1CC[C@H](C)CC1)C(C)C. The number of aromatic nitrogens is 2. The summed E-state index contributed by atoms with van der Waals surface area (Å²) in [5.74, 6) is 3.80. The summed E-state index contributed by atoms with van der Waals surface area (Å²) < 4.78 is 6.98. The molecule has 0 spiro atoms. The number of benzene rings is 1. The van der Waals surface area contributed by atoms with Crippen molar-refractivity contribution >= 4 is 25.8 Å². The lowest BCUT2D eigenvalue weighted by molar-refractivity contribution is -0.124. The summed E-state index contributed by atoms with van der Waals surface area (Å²) in [4.78, 5) is 28.2. The second-order valence-corrected chi connectivity index (χ2v) is 15.6. The molecule has 1 fully saturated rings. The number of ether oxygens (including phenoxy) is 1. The van der Waals surface area contributed by atoms with Crippen molar-refractivity contribution < 1.29 is 14.3 Å². The highest BCUT2D eigenvalue weighted by Crippen LogP contribution is 2.33. The summed E-state index contributed by atoms with van der Waals surface area (Å²) in [6.07, 6.45) is 5.52. The van der Waals surface area contributed by atoms with Crippen LogP contribution in [0.3, 0.4) is 0 Å². The number of amides is 1. The number of carbonyl (C=O) groups is 2. The van der Waals surface area contributed by atoms with Crippen LogP contribution in [-0.2, 0) is 9.53 Å². The number of carbonyl (C=O) groups excluding carboxylic acids is 2. The molecule has 1 heterocycles. The fourth-order valence-electron chi connectivity index (χ4n) is 4.29. The zero-order chi connectivity index (χ0) is 25.8. The lowest BCUT2D eigenvalue weighted by Crippen LogP contribution is -2.43. The van der Waals surface area contributed by atoms with E-state index in [9.17, 15) is 9.59 Å². The quantitative estimate of drug-likeness (QED) is 0.288. The fraction of sp³-hybridized carbons (Fsp3) is 0.536. The summed E-state index contributed by atoms with van der Waals surface area (Å²) in [5, 5.41) is 4.74. The largest absolute Gasteiger partial charge is 0.462 e. The Kier molecular flexibility index (Phi) is 8.60. The van der Waals surface area contributed by atoms with Crippen LogP contribution in [0.25, 0.3) is 5.69 Å². The van der Waals surface area contributed by atoms with Crippen molar-refractivity contribution in [1.82, 2.24) is 9.78 Å². The Labute approximate surface area is 211 Å². The molecular weight excluding hydrogens is 454 g/mol.